The molecule has 21 heavy (non-hydrogen) atoms. The van der Waals surface area contributed by atoms with Crippen molar-refractivity contribution in [2.75, 3.05) is 13.6 Å². The fourth-order valence-electron chi connectivity index (χ4n) is 2.59. The van der Waals surface area contributed by atoms with Crippen LogP contribution in [0.5, 0.6) is 0 Å². The van der Waals surface area contributed by atoms with Crippen LogP contribution in [0.1, 0.15) is 50.2 Å². The van der Waals surface area contributed by atoms with Gasteiger partial charge in [0.2, 0.25) is 0 Å². The van der Waals surface area contributed by atoms with Gasteiger partial charge in [-0.25, -0.2) is 4.98 Å². The molecule has 1 saturated carbocycles. The van der Waals surface area contributed by atoms with Gasteiger partial charge in [0.1, 0.15) is 0 Å². The largest absolute Gasteiger partial charge is 0.356 e. The van der Waals surface area contributed by atoms with E-state index in [0.717, 1.165) is 31.2 Å². The summed E-state index contributed by atoms with van der Waals surface area (Å²) in [5, 5.41) is 10.1. The highest BCUT2D eigenvalue weighted by Crippen LogP contribution is 2.42. The minimum atomic E-state index is 0. The summed E-state index contributed by atoms with van der Waals surface area (Å²) in [6.45, 7) is 6.20. The van der Waals surface area contributed by atoms with Gasteiger partial charge in [-0.15, -0.1) is 35.3 Å². The summed E-state index contributed by atoms with van der Waals surface area (Å²) in [4.78, 5) is 8.86. The maximum Gasteiger partial charge on any atom is 0.191 e. The third kappa shape index (κ3) is 5.09. The van der Waals surface area contributed by atoms with Crippen LogP contribution in [0.4, 0.5) is 0 Å². The highest BCUT2D eigenvalue weighted by Gasteiger charge is 2.34. The fraction of sp³-hybridized carbons (Fsp3) is 0.733. The lowest BCUT2D eigenvalue weighted by atomic mass is 9.67. The second-order valence-electron chi connectivity index (χ2n) is 5.57. The van der Waals surface area contributed by atoms with Crippen molar-refractivity contribution < 1.29 is 0 Å². The summed E-state index contributed by atoms with van der Waals surface area (Å²) in [6.07, 6.45) is 6.33. The van der Waals surface area contributed by atoms with E-state index < -0.39 is 0 Å². The zero-order valence-corrected chi connectivity index (χ0v) is 16.4. The quantitative estimate of drug-likeness (QED) is 0.419. The van der Waals surface area contributed by atoms with Crippen molar-refractivity contribution in [2.45, 2.75) is 52.5 Å². The van der Waals surface area contributed by atoms with Crippen LogP contribution in [0.15, 0.2) is 10.4 Å². The molecule has 1 aliphatic rings. The van der Waals surface area contributed by atoms with Crippen molar-refractivity contribution in [1.82, 2.24) is 15.6 Å². The standard InChI is InChI=1S/C15H26N4S.HI/c1-4-13-19-12(10-20-13)9-17-14(16-3)18-11-15(5-2)7-6-8-15;/h10H,4-9,11H2,1-3H3,(H2,16,17,18);1H. The molecule has 0 aromatic carbocycles. The Bertz CT molecular complexity index is 449. The van der Waals surface area contributed by atoms with Gasteiger partial charge in [0.05, 0.1) is 17.2 Å². The van der Waals surface area contributed by atoms with Gasteiger partial charge in [-0.1, -0.05) is 20.3 Å². The van der Waals surface area contributed by atoms with E-state index in [0.29, 0.717) is 5.41 Å². The summed E-state index contributed by atoms with van der Waals surface area (Å²) < 4.78 is 0. The number of nitrogens with zero attached hydrogens (tertiary/aromatic N) is 2. The first-order valence-corrected chi connectivity index (χ1v) is 8.47. The van der Waals surface area contributed by atoms with E-state index >= 15 is 0 Å². The van der Waals surface area contributed by atoms with Crippen LogP contribution in [0.3, 0.4) is 0 Å². The number of hydrogen-bond acceptors (Lipinski definition) is 3. The van der Waals surface area contributed by atoms with Crippen LogP contribution in [-0.2, 0) is 13.0 Å². The Hall–Kier alpha value is -0.370. The third-order valence-corrected chi connectivity index (χ3v) is 5.40. The molecule has 0 saturated heterocycles. The van der Waals surface area contributed by atoms with E-state index in [4.69, 9.17) is 0 Å². The molecule has 0 unspecified atom stereocenters. The summed E-state index contributed by atoms with van der Waals surface area (Å²) in [5.41, 5.74) is 1.61. The van der Waals surface area contributed by atoms with Gasteiger partial charge in [-0.3, -0.25) is 4.99 Å². The Morgan fingerprint density at radius 2 is 2.14 bits per heavy atom. The third-order valence-electron chi connectivity index (χ3n) is 4.36. The van der Waals surface area contributed by atoms with Crippen LogP contribution in [0.25, 0.3) is 0 Å². The SMILES string of the molecule is CCc1nc(CNC(=NC)NCC2(CC)CCC2)cs1.I. The molecule has 120 valence electrons. The summed E-state index contributed by atoms with van der Waals surface area (Å²) in [5.74, 6) is 0.885. The Morgan fingerprint density at radius 1 is 1.38 bits per heavy atom. The average molecular weight is 422 g/mol. The molecule has 0 radical (unpaired) electrons. The number of hydrogen-bond donors (Lipinski definition) is 2. The van der Waals surface area contributed by atoms with Gasteiger partial charge in [-0.2, -0.15) is 0 Å². The lowest BCUT2D eigenvalue weighted by Gasteiger charge is -2.41. The van der Waals surface area contributed by atoms with Gasteiger partial charge in [0.15, 0.2) is 5.96 Å². The van der Waals surface area contributed by atoms with Crippen LogP contribution >= 0.6 is 35.3 Å². The Kier molecular flexibility index (Phi) is 7.94. The van der Waals surface area contributed by atoms with Crippen molar-refractivity contribution >= 4 is 41.3 Å². The van der Waals surface area contributed by atoms with Crippen molar-refractivity contribution in [2.24, 2.45) is 10.4 Å². The minimum absolute atomic E-state index is 0. The van der Waals surface area contributed by atoms with E-state index in [1.165, 1.54) is 30.7 Å². The van der Waals surface area contributed by atoms with E-state index in [1.54, 1.807) is 11.3 Å². The normalized spacial score (nSPS) is 16.8. The molecule has 1 aromatic heterocycles. The molecule has 0 atom stereocenters. The van der Waals surface area contributed by atoms with E-state index in [9.17, 15) is 0 Å². The highest BCUT2D eigenvalue weighted by molar-refractivity contribution is 14.0. The number of aryl methyl sites for hydroxylation is 1. The second-order valence-corrected chi connectivity index (χ2v) is 6.52. The lowest BCUT2D eigenvalue weighted by Crippen LogP contribution is -2.46. The molecular formula is C15H27IN4S. The van der Waals surface area contributed by atoms with E-state index in [1.807, 2.05) is 7.05 Å². The first-order chi connectivity index (χ1) is 9.71. The molecule has 1 fully saturated rings. The van der Waals surface area contributed by atoms with E-state index in [-0.39, 0.29) is 24.0 Å². The Balaban J connectivity index is 0.00000220. The predicted molar refractivity (Wildman–Crippen MR) is 102 cm³/mol. The molecule has 1 aliphatic carbocycles. The fourth-order valence-corrected chi connectivity index (χ4v) is 3.34. The number of halogens is 1. The van der Waals surface area contributed by atoms with E-state index in [2.05, 4.69) is 39.8 Å². The van der Waals surface area contributed by atoms with Crippen molar-refractivity contribution in [3.8, 4) is 0 Å². The predicted octanol–water partition coefficient (Wildman–Crippen LogP) is 3.57. The highest BCUT2D eigenvalue weighted by atomic mass is 127. The number of nitrogens with one attached hydrogen (secondary N) is 2. The van der Waals surface area contributed by atoms with Gasteiger partial charge in [0, 0.05) is 19.0 Å². The molecule has 4 nitrogen and oxygen atoms in total. The van der Waals surface area contributed by atoms with Crippen LogP contribution in [0.2, 0.25) is 0 Å². The number of aliphatic imine (C=N–C) groups is 1. The molecule has 1 heterocycles. The van der Waals surface area contributed by atoms with Gasteiger partial charge < -0.3 is 10.6 Å². The summed E-state index contributed by atoms with van der Waals surface area (Å²) >= 11 is 1.73. The molecule has 1 aromatic rings. The number of aromatic nitrogens is 1. The van der Waals surface area contributed by atoms with Crippen molar-refractivity contribution in [3.05, 3.63) is 16.1 Å². The molecule has 0 bridgehead atoms. The number of rotatable bonds is 6. The Labute approximate surface area is 149 Å². The van der Waals surface area contributed by atoms with Crippen LogP contribution in [0, 0.1) is 5.41 Å². The summed E-state index contributed by atoms with van der Waals surface area (Å²) in [7, 11) is 1.83. The maximum absolute atomic E-state index is 4.56. The first kappa shape index (κ1) is 18.7. The molecule has 0 aliphatic heterocycles. The van der Waals surface area contributed by atoms with Crippen LogP contribution < -0.4 is 10.6 Å². The minimum Gasteiger partial charge on any atom is -0.356 e. The molecule has 0 amide bonds. The number of guanidine groups is 1. The zero-order chi connectivity index (χ0) is 14.4. The number of thiazole rings is 1. The second kappa shape index (κ2) is 8.92. The van der Waals surface area contributed by atoms with Crippen LogP contribution in [-0.4, -0.2) is 24.5 Å². The van der Waals surface area contributed by atoms with Crippen molar-refractivity contribution in [1.29, 1.82) is 0 Å². The maximum atomic E-state index is 4.56. The first-order valence-electron chi connectivity index (χ1n) is 7.59. The molecule has 2 N–H and O–H groups in total. The molecule has 2 rings (SSSR count). The topological polar surface area (TPSA) is 49.3 Å². The summed E-state index contributed by atoms with van der Waals surface area (Å²) in [6, 6.07) is 0. The Morgan fingerprint density at radius 3 is 2.62 bits per heavy atom. The van der Waals surface area contributed by atoms with Gasteiger partial charge in [0.25, 0.3) is 0 Å². The molecule has 0 spiro atoms. The lowest BCUT2D eigenvalue weighted by molar-refractivity contribution is 0.131. The molecule has 6 heteroatoms. The average Bonchev–Trinajstić information content (AvgIpc) is 2.89. The van der Waals surface area contributed by atoms with Gasteiger partial charge >= 0.3 is 0 Å². The molecular weight excluding hydrogens is 395 g/mol. The van der Waals surface area contributed by atoms with Gasteiger partial charge in [-0.05, 0) is 31.1 Å². The van der Waals surface area contributed by atoms with Crippen molar-refractivity contribution in [3.63, 3.8) is 0 Å². The smallest absolute Gasteiger partial charge is 0.191 e. The monoisotopic (exact) mass is 422 g/mol. The zero-order valence-electron chi connectivity index (χ0n) is 13.2.